The zero-order chi connectivity index (χ0) is 20.1. The van der Waals surface area contributed by atoms with Crippen LogP contribution in [0.5, 0.6) is 0 Å². The molecule has 0 aromatic heterocycles. The van der Waals surface area contributed by atoms with E-state index in [1.54, 1.807) is 0 Å². The second-order valence-corrected chi connectivity index (χ2v) is 6.33. The molecule has 1 N–H and O–H groups in total. The zero-order valence-corrected chi connectivity index (χ0v) is 15.9. The smallest absolute Gasteiger partial charge is 0.339 e. The number of para-hydroxylation sites is 1. The third-order valence-corrected chi connectivity index (χ3v) is 4.34. The van der Waals surface area contributed by atoms with Gasteiger partial charge in [-0.15, -0.1) is 0 Å². The number of carbonyl (C=O) groups is 2. The van der Waals surface area contributed by atoms with Gasteiger partial charge < -0.3 is 10.1 Å². The second-order valence-electron chi connectivity index (χ2n) is 5.92. The number of benzene rings is 2. The van der Waals surface area contributed by atoms with Gasteiger partial charge in [-0.3, -0.25) is 14.9 Å². The molecule has 1 amide bonds. The highest BCUT2D eigenvalue weighted by Gasteiger charge is 2.22. The highest BCUT2D eigenvalue weighted by molar-refractivity contribution is 6.32. The predicted octanol–water partition coefficient (Wildman–Crippen LogP) is 4.30. The van der Waals surface area contributed by atoms with Crippen LogP contribution < -0.4 is 5.32 Å². The van der Waals surface area contributed by atoms with Gasteiger partial charge in [0.05, 0.1) is 10.5 Å². The maximum absolute atomic E-state index is 12.4. The number of nitrogens with zero attached hydrogens (tertiary/aromatic N) is 1. The van der Waals surface area contributed by atoms with Gasteiger partial charge in [0.25, 0.3) is 11.6 Å². The molecule has 0 spiro atoms. The van der Waals surface area contributed by atoms with Crippen LogP contribution in [0.3, 0.4) is 0 Å². The molecule has 0 bridgehead atoms. The highest BCUT2D eigenvalue weighted by Crippen LogP contribution is 2.26. The molecule has 0 aliphatic heterocycles. The Kier molecular flexibility index (Phi) is 6.52. The summed E-state index contributed by atoms with van der Waals surface area (Å²) < 4.78 is 5.14. The first kappa shape index (κ1) is 20.4. The number of nitrogens with one attached hydrogen (secondary N) is 1. The lowest BCUT2D eigenvalue weighted by atomic mass is 10.1. The van der Waals surface area contributed by atoms with Crippen molar-refractivity contribution in [1.82, 2.24) is 0 Å². The van der Waals surface area contributed by atoms with Crippen molar-refractivity contribution in [3.63, 3.8) is 0 Å². The van der Waals surface area contributed by atoms with Crippen LogP contribution >= 0.6 is 11.6 Å². The summed E-state index contributed by atoms with van der Waals surface area (Å²) in [6, 6.07) is 9.25. The molecular weight excluding hydrogens is 372 g/mol. The second kappa shape index (κ2) is 8.64. The number of aryl methyl sites for hydroxylation is 2. The molecule has 0 heterocycles. The number of anilines is 1. The third kappa shape index (κ3) is 4.83. The van der Waals surface area contributed by atoms with Crippen molar-refractivity contribution in [2.24, 2.45) is 0 Å². The van der Waals surface area contributed by atoms with E-state index >= 15 is 0 Å². The van der Waals surface area contributed by atoms with Gasteiger partial charge >= 0.3 is 5.97 Å². The van der Waals surface area contributed by atoms with Gasteiger partial charge in [-0.1, -0.05) is 36.7 Å². The number of halogens is 1. The van der Waals surface area contributed by atoms with E-state index in [-0.39, 0.29) is 10.6 Å². The number of rotatable bonds is 6. The third-order valence-electron chi connectivity index (χ3n) is 4.02. The Bertz CT molecular complexity index is 898. The number of carbonyl (C=O) groups excluding carboxylic acids is 2. The van der Waals surface area contributed by atoms with E-state index in [0.717, 1.165) is 23.6 Å². The fraction of sp³-hybridized carbons (Fsp3) is 0.263. The molecule has 0 aliphatic rings. The quantitative estimate of drug-likeness (QED) is 0.450. The maximum atomic E-state index is 12.4. The van der Waals surface area contributed by atoms with Crippen LogP contribution in [0, 0.1) is 17.0 Å². The Hall–Kier alpha value is -2.93. The van der Waals surface area contributed by atoms with Crippen molar-refractivity contribution in [2.45, 2.75) is 33.3 Å². The average Bonchev–Trinajstić information content (AvgIpc) is 2.63. The molecule has 8 heteroatoms. The van der Waals surface area contributed by atoms with E-state index < -0.39 is 28.6 Å². The minimum Gasteiger partial charge on any atom is -0.449 e. The first-order chi connectivity index (χ1) is 12.7. The first-order valence-corrected chi connectivity index (χ1v) is 8.66. The Labute approximate surface area is 161 Å². The molecule has 0 unspecified atom stereocenters. The Morgan fingerprint density at radius 3 is 2.63 bits per heavy atom. The molecule has 0 saturated carbocycles. The lowest BCUT2D eigenvalue weighted by molar-refractivity contribution is -0.384. The highest BCUT2D eigenvalue weighted by atomic mass is 35.5. The molecule has 27 heavy (non-hydrogen) atoms. The molecule has 0 aliphatic carbocycles. The van der Waals surface area contributed by atoms with Gasteiger partial charge in [-0.25, -0.2) is 4.79 Å². The van der Waals surface area contributed by atoms with Gasteiger partial charge in [0, 0.05) is 11.8 Å². The lowest BCUT2D eigenvalue weighted by Crippen LogP contribution is -2.30. The van der Waals surface area contributed by atoms with E-state index in [1.807, 2.05) is 32.0 Å². The van der Waals surface area contributed by atoms with Gasteiger partial charge in [0.15, 0.2) is 6.10 Å². The van der Waals surface area contributed by atoms with Crippen LogP contribution in [0.1, 0.15) is 35.3 Å². The topological polar surface area (TPSA) is 98.5 Å². The molecular formula is C19H19ClN2O5. The summed E-state index contributed by atoms with van der Waals surface area (Å²) in [7, 11) is 0. The van der Waals surface area contributed by atoms with Crippen molar-refractivity contribution in [3.05, 3.63) is 68.2 Å². The molecule has 2 aromatic carbocycles. The number of amides is 1. The lowest BCUT2D eigenvalue weighted by Gasteiger charge is -2.17. The fourth-order valence-corrected chi connectivity index (χ4v) is 2.68. The summed E-state index contributed by atoms with van der Waals surface area (Å²) >= 11 is 5.73. The number of hydrogen-bond acceptors (Lipinski definition) is 5. The number of ether oxygens (including phenoxy) is 1. The van der Waals surface area contributed by atoms with Gasteiger partial charge in [0.1, 0.15) is 5.02 Å². The predicted molar refractivity (Wildman–Crippen MR) is 102 cm³/mol. The molecule has 7 nitrogen and oxygen atoms in total. The van der Waals surface area contributed by atoms with Crippen molar-refractivity contribution < 1.29 is 19.2 Å². The zero-order valence-electron chi connectivity index (χ0n) is 15.1. The largest absolute Gasteiger partial charge is 0.449 e. The molecule has 2 rings (SSSR count). The van der Waals surface area contributed by atoms with Gasteiger partial charge in [-0.2, -0.15) is 0 Å². The van der Waals surface area contributed by atoms with Crippen LogP contribution in [-0.4, -0.2) is 22.9 Å². The number of hydrogen-bond donors (Lipinski definition) is 1. The van der Waals surface area contributed by atoms with Gasteiger partial charge in [0.2, 0.25) is 0 Å². The first-order valence-electron chi connectivity index (χ1n) is 8.28. The van der Waals surface area contributed by atoms with E-state index in [4.69, 9.17) is 16.3 Å². The number of nitro benzene ring substituents is 1. The number of esters is 1. The van der Waals surface area contributed by atoms with E-state index in [9.17, 15) is 19.7 Å². The summed E-state index contributed by atoms with van der Waals surface area (Å²) in [6.07, 6.45) is -0.351. The SMILES string of the molecule is CCc1cccc(C)c1NC(=O)[C@H](C)OC(=O)c1ccc(Cl)c([N+](=O)[O-])c1. The summed E-state index contributed by atoms with van der Waals surface area (Å²) in [6.45, 7) is 5.28. The van der Waals surface area contributed by atoms with Crippen molar-refractivity contribution in [2.75, 3.05) is 5.32 Å². The minimum atomic E-state index is -1.09. The van der Waals surface area contributed by atoms with Crippen molar-refractivity contribution >= 4 is 34.9 Å². The van der Waals surface area contributed by atoms with Crippen LogP contribution in [-0.2, 0) is 16.0 Å². The van der Waals surface area contributed by atoms with Crippen molar-refractivity contribution in [1.29, 1.82) is 0 Å². The molecule has 0 radical (unpaired) electrons. The van der Waals surface area contributed by atoms with E-state index in [2.05, 4.69) is 5.32 Å². The Balaban J connectivity index is 2.12. The van der Waals surface area contributed by atoms with Crippen LogP contribution in [0.2, 0.25) is 5.02 Å². The normalized spacial score (nSPS) is 11.6. The summed E-state index contributed by atoms with van der Waals surface area (Å²) in [5.74, 6) is -1.34. The van der Waals surface area contributed by atoms with Gasteiger partial charge in [-0.05, 0) is 43.5 Å². The Morgan fingerprint density at radius 1 is 1.30 bits per heavy atom. The minimum absolute atomic E-state index is 0.0594. The molecule has 1 atom stereocenters. The average molecular weight is 391 g/mol. The monoisotopic (exact) mass is 390 g/mol. The standard InChI is InChI=1S/C19H19ClN2O5/c1-4-13-7-5-6-11(2)17(13)21-18(23)12(3)27-19(24)14-8-9-15(20)16(10-14)22(25)26/h5-10,12H,4H2,1-3H3,(H,21,23)/t12-/m0/s1. The summed E-state index contributed by atoms with van der Waals surface area (Å²) in [5, 5.41) is 13.6. The van der Waals surface area contributed by atoms with Crippen LogP contribution in [0.4, 0.5) is 11.4 Å². The van der Waals surface area contributed by atoms with Crippen molar-refractivity contribution in [3.8, 4) is 0 Å². The number of nitro groups is 1. The van der Waals surface area contributed by atoms with Crippen LogP contribution in [0.25, 0.3) is 0 Å². The van der Waals surface area contributed by atoms with Crippen LogP contribution in [0.15, 0.2) is 36.4 Å². The van der Waals surface area contributed by atoms with E-state index in [0.29, 0.717) is 5.69 Å². The Morgan fingerprint density at radius 2 is 2.00 bits per heavy atom. The molecule has 142 valence electrons. The maximum Gasteiger partial charge on any atom is 0.339 e. The summed E-state index contributed by atoms with van der Waals surface area (Å²) in [5.41, 5.74) is 2.09. The summed E-state index contributed by atoms with van der Waals surface area (Å²) in [4.78, 5) is 34.9. The molecule has 0 fully saturated rings. The fourth-order valence-electron chi connectivity index (χ4n) is 2.49. The molecule has 2 aromatic rings. The van der Waals surface area contributed by atoms with E-state index in [1.165, 1.54) is 19.1 Å². The molecule has 0 saturated heterocycles.